The van der Waals surface area contributed by atoms with Gasteiger partial charge in [-0.05, 0) is 0 Å². The lowest BCUT2D eigenvalue weighted by Crippen LogP contribution is -2.25. The second-order valence-corrected chi connectivity index (χ2v) is 4.17. The molecule has 3 heterocycles. The highest BCUT2D eigenvalue weighted by Gasteiger charge is 2.36. The zero-order chi connectivity index (χ0) is 12.7. The number of aliphatic hydroxyl groups excluding tert-OH is 2. The molecule has 0 spiro atoms. The van der Waals surface area contributed by atoms with Gasteiger partial charge in [0, 0.05) is 6.42 Å². The molecule has 96 valence electrons. The Morgan fingerprint density at radius 1 is 1.61 bits per heavy atom. The second kappa shape index (κ2) is 4.16. The first kappa shape index (κ1) is 11.3. The van der Waals surface area contributed by atoms with Gasteiger partial charge in [-0.1, -0.05) is 0 Å². The van der Waals surface area contributed by atoms with Gasteiger partial charge in [0.25, 0.3) is 0 Å². The number of aromatic nitrogens is 4. The summed E-state index contributed by atoms with van der Waals surface area (Å²) in [6.07, 6.45) is 0.971. The molecule has 1 fully saturated rings. The third kappa shape index (κ3) is 1.62. The third-order valence-corrected chi connectivity index (χ3v) is 3.05. The van der Waals surface area contributed by atoms with Gasteiger partial charge < -0.3 is 19.9 Å². The van der Waals surface area contributed by atoms with Crippen LogP contribution in [0.15, 0.2) is 17.3 Å². The quantitative estimate of drug-likeness (QED) is 0.616. The van der Waals surface area contributed by atoms with Gasteiger partial charge in [-0.3, -0.25) is 0 Å². The van der Waals surface area contributed by atoms with Gasteiger partial charge in [0.15, 0.2) is 5.65 Å². The highest BCUT2D eigenvalue weighted by molar-refractivity contribution is 5.68. The van der Waals surface area contributed by atoms with E-state index in [1.54, 1.807) is 0 Å². The molecule has 8 heteroatoms. The monoisotopic (exact) mass is 252 g/mol. The molecular formula is C10H12N4O4. The highest BCUT2D eigenvalue weighted by atomic mass is 16.5. The van der Waals surface area contributed by atoms with Gasteiger partial charge >= 0.3 is 5.69 Å². The molecule has 3 atom stereocenters. The van der Waals surface area contributed by atoms with Crippen molar-refractivity contribution in [1.29, 1.82) is 0 Å². The van der Waals surface area contributed by atoms with Crippen molar-refractivity contribution in [3.63, 3.8) is 0 Å². The van der Waals surface area contributed by atoms with E-state index in [0.717, 1.165) is 0 Å². The molecule has 3 unspecified atom stereocenters. The molecule has 2 aromatic rings. The van der Waals surface area contributed by atoms with Crippen LogP contribution in [0, 0.1) is 0 Å². The zero-order valence-corrected chi connectivity index (χ0v) is 9.35. The lowest BCUT2D eigenvalue weighted by molar-refractivity contribution is -0.0441. The fourth-order valence-electron chi connectivity index (χ4n) is 2.18. The molecule has 8 nitrogen and oxygen atoms in total. The largest absolute Gasteiger partial charge is 0.394 e. The molecular weight excluding hydrogens is 240 g/mol. The summed E-state index contributed by atoms with van der Waals surface area (Å²) in [5, 5.41) is 18.7. The molecule has 2 aromatic heterocycles. The van der Waals surface area contributed by atoms with Crippen LogP contribution in [0.3, 0.4) is 0 Å². The van der Waals surface area contributed by atoms with E-state index in [1.165, 1.54) is 17.1 Å². The molecule has 3 N–H and O–H groups in total. The maximum atomic E-state index is 11.8. The van der Waals surface area contributed by atoms with Crippen LogP contribution >= 0.6 is 0 Å². The van der Waals surface area contributed by atoms with E-state index < -0.39 is 18.4 Å². The molecule has 0 bridgehead atoms. The van der Waals surface area contributed by atoms with E-state index in [0.29, 0.717) is 11.2 Å². The van der Waals surface area contributed by atoms with Crippen LogP contribution in [-0.4, -0.2) is 48.5 Å². The molecule has 1 aliphatic heterocycles. The van der Waals surface area contributed by atoms with Crippen molar-refractivity contribution in [3.8, 4) is 0 Å². The van der Waals surface area contributed by atoms with Gasteiger partial charge in [-0.2, -0.15) is 0 Å². The predicted molar refractivity (Wildman–Crippen MR) is 59.8 cm³/mol. The summed E-state index contributed by atoms with van der Waals surface area (Å²) in [6, 6.07) is 0. The van der Waals surface area contributed by atoms with Gasteiger partial charge in [0.2, 0.25) is 0 Å². The number of H-pyrrole nitrogens is 1. The Hall–Kier alpha value is -1.77. The number of nitrogens with zero attached hydrogens (tertiary/aromatic N) is 3. The van der Waals surface area contributed by atoms with Gasteiger partial charge in [0.1, 0.15) is 24.2 Å². The molecule has 0 aromatic carbocycles. The van der Waals surface area contributed by atoms with Crippen molar-refractivity contribution >= 4 is 11.2 Å². The first-order chi connectivity index (χ1) is 8.70. The normalized spacial score (nSPS) is 28.0. The molecule has 1 aliphatic rings. The predicted octanol–water partition coefficient (Wildman–Crippen LogP) is -1.24. The van der Waals surface area contributed by atoms with Crippen molar-refractivity contribution in [1.82, 2.24) is 19.5 Å². The number of rotatable bonds is 2. The Morgan fingerprint density at radius 3 is 3.17 bits per heavy atom. The lowest BCUT2D eigenvalue weighted by Gasteiger charge is -2.12. The minimum Gasteiger partial charge on any atom is -0.394 e. The fourth-order valence-corrected chi connectivity index (χ4v) is 2.18. The number of ether oxygens (including phenoxy) is 1. The van der Waals surface area contributed by atoms with Crippen LogP contribution in [0.2, 0.25) is 0 Å². The second-order valence-electron chi connectivity index (χ2n) is 4.17. The summed E-state index contributed by atoms with van der Waals surface area (Å²) in [5.41, 5.74) is 0.556. The molecule has 0 radical (unpaired) electrons. The van der Waals surface area contributed by atoms with E-state index in [2.05, 4.69) is 15.0 Å². The number of imidazole rings is 1. The highest BCUT2D eigenvalue weighted by Crippen LogP contribution is 2.28. The Bertz CT molecular complexity index is 622. The number of hydrogen-bond donors (Lipinski definition) is 3. The SMILES string of the molecule is O=c1[nH]c2cncnc2n1C1CC(O)C(CO)O1. The first-order valence-electron chi connectivity index (χ1n) is 5.55. The smallest absolute Gasteiger partial charge is 0.329 e. The lowest BCUT2D eigenvalue weighted by atomic mass is 10.2. The molecule has 0 saturated carbocycles. The maximum absolute atomic E-state index is 11.8. The summed E-state index contributed by atoms with van der Waals surface area (Å²) in [4.78, 5) is 22.3. The number of fused-ring (bicyclic) bond motifs is 1. The minimum absolute atomic E-state index is 0.238. The third-order valence-electron chi connectivity index (χ3n) is 3.05. The van der Waals surface area contributed by atoms with Gasteiger partial charge in [-0.25, -0.2) is 19.3 Å². The number of nitrogens with one attached hydrogen (secondary N) is 1. The van der Waals surface area contributed by atoms with Crippen molar-refractivity contribution in [2.45, 2.75) is 24.9 Å². The molecule has 3 rings (SSSR count). The van der Waals surface area contributed by atoms with Gasteiger partial charge in [0.05, 0.1) is 18.9 Å². The summed E-state index contributed by atoms with van der Waals surface area (Å²) >= 11 is 0. The Balaban J connectivity index is 2.05. The average molecular weight is 252 g/mol. The Morgan fingerprint density at radius 2 is 2.44 bits per heavy atom. The molecule has 18 heavy (non-hydrogen) atoms. The summed E-state index contributed by atoms with van der Waals surface area (Å²) in [5.74, 6) is 0. The van der Waals surface area contributed by atoms with Crippen molar-refractivity contribution in [2.24, 2.45) is 0 Å². The average Bonchev–Trinajstić information content (AvgIpc) is 2.88. The van der Waals surface area contributed by atoms with E-state index in [1.807, 2.05) is 0 Å². The maximum Gasteiger partial charge on any atom is 0.329 e. The minimum atomic E-state index is -0.793. The number of aliphatic hydroxyl groups is 2. The van der Waals surface area contributed by atoms with Crippen molar-refractivity contribution < 1.29 is 14.9 Å². The summed E-state index contributed by atoms with van der Waals surface area (Å²) in [7, 11) is 0. The van der Waals surface area contributed by atoms with Crippen LogP contribution < -0.4 is 5.69 Å². The van der Waals surface area contributed by atoms with Gasteiger partial charge in [-0.15, -0.1) is 0 Å². The van der Waals surface area contributed by atoms with Crippen LogP contribution in [0.1, 0.15) is 12.6 Å². The fraction of sp³-hybridized carbons (Fsp3) is 0.500. The van der Waals surface area contributed by atoms with E-state index in [4.69, 9.17) is 9.84 Å². The van der Waals surface area contributed by atoms with Crippen molar-refractivity contribution in [2.75, 3.05) is 6.61 Å². The summed E-state index contributed by atoms with van der Waals surface area (Å²) < 4.78 is 6.77. The van der Waals surface area contributed by atoms with Crippen molar-refractivity contribution in [3.05, 3.63) is 23.0 Å². The van der Waals surface area contributed by atoms with E-state index in [-0.39, 0.29) is 18.7 Å². The Labute approximate surface area is 101 Å². The van der Waals surface area contributed by atoms with Crippen LogP contribution in [0.4, 0.5) is 0 Å². The summed E-state index contributed by atoms with van der Waals surface area (Å²) in [6.45, 7) is -0.288. The topological polar surface area (TPSA) is 113 Å². The molecule has 1 saturated heterocycles. The van der Waals surface area contributed by atoms with E-state index in [9.17, 15) is 9.90 Å². The zero-order valence-electron chi connectivity index (χ0n) is 9.35. The Kier molecular flexibility index (Phi) is 2.62. The standard InChI is InChI=1S/C10H12N4O4/c15-3-7-6(16)1-8(18-7)14-9-5(13-10(14)17)2-11-4-12-9/h2,4,6-8,15-16H,1,3H2,(H,13,17). The van der Waals surface area contributed by atoms with Crippen LogP contribution in [0.25, 0.3) is 11.2 Å². The number of aromatic amines is 1. The first-order valence-corrected chi connectivity index (χ1v) is 5.55. The van der Waals surface area contributed by atoms with E-state index >= 15 is 0 Å². The van der Waals surface area contributed by atoms with Crippen LogP contribution in [0.5, 0.6) is 0 Å². The molecule has 0 aliphatic carbocycles. The van der Waals surface area contributed by atoms with Crippen LogP contribution in [-0.2, 0) is 4.74 Å². The number of hydrogen-bond acceptors (Lipinski definition) is 6. The molecule has 0 amide bonds.